The number of nitrogens with zero attached hydrogens (tertiary/aromatic N) is 1. The number of benzene rings is 3. The maximum absolute atomic E-state index is 13.2. The monoisotopic (exact) mass is 542 g/mol. The van der Waals surface area contributed by atoms with Gasteiger partial charge in [-0.3, -0.25) is 4.72 Å². The van der Waals surface area contributed by atoms with Crippen molar-refractivity contribution in [1.29, 1.82) is 0 Å². The van der Waals surface area contributed by atoms with Crippen molar-refractivity contribution in [1.82, 2.24) is 4.31 Å². The lowest BCUT2D eigenvalue weighted by molar-refractivity contribution is -0.153. The van der Waals surface area contributed by atoms with Gasteiger partial charge in [-0.25, -0.2) is 16.8 Å². The van der Waals surface area contributed by atoms with Crippen LogP contribution in [-0.2, 0) is 20.0 Å². The summed E-state index contributed by atoms with van der Waals surface area (Å²) in [4.78, 5) is -0.372. The van der Waals surface area contributed by atoms with E-state index in [2.05, 4.69) is 4.72 Å². The van der Waals surface area contributed by atoms with Gasteiger partial charge in [0, 0.05) is 13.1 Å². The highest BCUT2D eigenvalue weighted by Crippen LogP contribution is 2.33. The molecule has 36 heavy (non-hydrogen) atoms. The van der Waals surface area contributed by atoms with Crippen LogP contribution in [0, 0.1) is 0 Å². The number of alkyl halides is 3. The van der Waals surface area contributed by atoms with Crippen LogP contribution in [-0.4, -0.2) is 47.0 Å². The Bertz CT molecular complexity index is 1450. The molecule has 0 atom stereocenters. The lowest BCUT2D eigenvalue weighted by Crippen LogP contribution is -2.32. The van der Waals surface area contributed by atoms with Crippen molar-refractivity contribution in [3.05, 3.63) is 60.7 Å². The van der Waals surface area contributed by atoms with Crippen LogP contribution in [0.25, 0.3) is 10.8 Å². The number of nitrogens with one attached hydrogen (secondary N) is 1. The van der Waals surface area contributed by atoms with Gasteiger partial charge in [0.1, 0.15) is 5.75 Å². The van der Waals surface area contributed by atoms with Crippen molar-refractivity contribution in [2.45, 2.75) is 41.7 Å². The van der Waals surface area contributed by atoms with E-state index in [1.807, 2.05) is 0 Å². The SMILES string of the molecule is O=S(=O)(Nc1cc(S(=O)(=O)N2CCCCCC2)ccc1OCC(F)(F)F)c1ccc2ccccc2c1. The maximum atomic E-state index is 13.2. The minimum atomic E-state index is -4.68. The quantitative estimate of drug-likeness (QED) is 0.446. The number of ether oxygens (including phenoxy) is 1. The standard InChI is InChI=1S/C24H25F3N2O5S2/c25-24(26,27)17-34-23-12-11-21(36(32,33)29-13-5-1-2-6-14-29)16-22(23)28-35(30,31)20-10-9-18-7-3-4-8-19(18)15-20/h3-4,7-12,15-16,28H,1-2,5-6,13-14,17H2. The fourth-order valence-corrected chi connectivity index (χ4v) is 6.64. The van der Waals surface area contributed by atoms with Gasteiger partial charge in [0.15, 0.2) is 6.61 Å². The fraction of sp³-hybridized carbons (Fsp3) is 0.333. The molecule has 0 bridgehead atoms. The number of rotatable bonds is 7. The second-order valence-electron chi connectivity index (χ2n) is 8.49. The zero-order valence-corrected chi connectivity index (χ0v) is 20.8. The van der Waals surface area contributed by atoms with E-state index in [0.29, 0.717) is 31.3 Å². The second-order valence-corrected chi connectivity index (χ2v) is 12.1. The maximum Gasteiger partial charge on any atom is 0.422 e. The molecule has 1 saturated heterocycles. The Balaban J connectivity index is 1.72. The molecule has 0 unspecified atom stereocenters. The molecule has 0 aliphatic carbocycles. The zero-order chi connectivity index (χ0) is 26.0. The van der Waals surface area contributed by atoms with Crippen molar-refractivity contribution in [2.75, 3.05) is 24.4 Å². The van der Waals surface area contributed by atoms with E-state index in [9.17, 15) is 30.0 Å². The van der Waals surface area contributed by atoms with Gasteiger partial charge in [0.25, 0.3) is 10.0 Å². The van der Waals surface area contributed by atoms with E-state index in [0.717, 1.165) is 36.4 Å². The minimum absolute atomic E-state index is 0.135. The molecule has 194 valence electrons. The molecular formula is C24H25F3N2O5S2. The molecule has 3 aromatic rings. The van der Waals surface area contributed by atoms with E-state index in [1.54, 1.807) is 30.3 Å². The number of anilines is 1. The number of hydrogen-bond acceptors (Lipinski definition) is 5. The Kier molecular flexibility index (Phi) is 7.48. The average molecular weight is 543 g/mol. The second kappa shape index (κ2) is 10.3. The van der Waals surface area contributed by atoms with Crippen LogP contribution in [0.1, 0.15) is 25.7 Å². The molecule has 1 heterocycles. The van der Waals surface area contributed by atoms with Gasteiger partial charge >= 0.3 is 6.18 Å². The van der Waals surface area contributed by atoms with Gasteiger partial charge in [0.05, 0.1) is 15.5 Å². The summed E-state index contributed by atoms with van der Waals surface area (Å²) in [5.74, 6) is -0.438. The number of halogens is 3. The van der Waals surface area contributed by atoms with Crippen LogP contribution in [0.3, 0.4) is 0 Å². The van der Waals surface area contributed by atoms with Gasteiger partial charge in [-0.1, -0.05) is 43.2 Å². The summed E-state index contributed by atoms with van der Waals surface area (Å²) < 4.78 is 99.6. The van der Waals surface area contributed by atoms with Crippen LogP contribution in [0.2, 0.25) is 0 Å². The number of sulfonamides is 2. The lowest BCUT2D eigenvalue weighted by atomic mass is 10.1. The largest absolute Gasteiger partial charge is 0.482 e. The molecule has 0 radical (unpaired) electrons. The van der Waals surface area contributed by atoms with Gasteiger partial charge < -0.3 is 4.74 Å². The molecule has 0 aromatic heterocycles. The molecule has 1 fully saturated rings. The summed E-state index contributed by atoms with van der Waals surface area (Å²) in [5.41, 5.74) is -0.400. The first-order valence-electron chi connectivity index (χ1n) is 11.3. The first-order valence-corrected chi connectivity index (χ1v) is 14.2. The predicted octanol–water partition coefficient (Wildman–Crippen LogP) is 5.15. The molecule has 12 heteroatoms. The molecule has 0 amide bonds. The van der Waals surface area contributed by atoms with Crippen molar-refractivity contribution in [3.63, 3.8) is 0 Å². The smallest absolute Gasteiger partial charge is 0.422 e. The summed E-state index contributed by atoms with van der Waals surface area (Å²) in [6, 6.07) is 14.6. The molecule has 1 N–H and O–H groups in total. The van der Waals surface area contributed by atoms with Crippen LogP contribution in [0.4, 0.5) is 18.9 Å². The van der Waals surface area contributed by atoms with Gasteiger partial charge in [-0.05, 0) is 53.9 Å². The molecule has 4 rings (SSSR count). The highest BCUT2D eigenvalue weighted by Gasteiger charge is 2.31. The van der Waals surface area contributed by atoms with Crippen molar-refractivity contribution < 1.29 is 34.7 Å². The Labute approximate surface area is 208 Å². The van der Waals surface area contributed by atoms with E-state index in [4.69, 9.17) is 4.74 Å². The Morgan fingerprint density at radius 2 is 1.44 bits per heavy atom. The highest BCUT2D eigenvalue weighted by atomic mass is 32.2. The number of fused-ring (bicyclic) bond motifs is 1. The Morgan fingerprint density at radius 1 is 0.806 bits per heavy atom. The van der Waals surface area contributed by atoms with E-state index >= 15 is 0 Å². The predicted molar refractivity (Wildman–Crippen MR) is 130 cm³/mol. The van der Waals surface area contributed by atoms with Crippen LogP contribution in [0.15, 0.2) is 70.5 Å². The van der Waals surface area contributed by atoms with E-state index < -0.39 is 44.3 Å². The summed E-state index contributed by atoms with van der Waals surface area (Å²) in [7, 11) is -8.29. The lowest BCUT2D eigenvalue weighted by Gasteiger charge is -2.21. The van der Waals surface area contributed by atoms with Crippen molar-refractivity contribution >= 4 is 36.5 Å². The fourth-order valence-electron chi connectivity index (χ4n) is 4.00. The first kappa shape index (κ1) is 26.2. The zero-order valence-electron chi connectivity index (χ0n) is 19.2. The van der Waals surface area contributed by atoms with Crippen LogP contribution >= 0.6 is 0 Å². The summed E-state index contributed by atoms with van der Waals surface area (Å²) in [6.45, 7) is -1.05. The van der Waals surface area contributed by atoms with Crippen LogP contribution in [0.5, 0.6) is 5.75 Å². The Morgan fingerprint density at radius 3 is 2.11 bits per heavy atom. The highest BCUT2D eigenvalue weighted by molar-refractivity contribution is 7.92. The summed E-state index contributed by atoms with van der Waals surface area (Å²) in [6.07, 6.45) is -1.51. The third-order valence-corrected chi connectivity index (χ3v) is 9.08. The summed E-state index contributed by atoms with van der Waals surface area (Å²) >= 11 is 0. The van der Waals surface area contributed by atoms with Gasteiger partial charge in [-0.2, -0.15) is 17.5 Å². The molecule has 7 nitrogen and oxygen atoms in total. The van der Waals surface area contributed by atoms with Gasteiger partial charge in [0.2, 0.25) is 10.0 Å². The molecule has 3 aromatic carbocycles. The number of hydrogen-bond donors (Lipinski definition) is 1. The molecule has 1 aliphatic heterocycles. The van der Waals surface area contributed by atoms with Gasteiger partial charge in [-0.15, -0.1) is 0 Å². The average Bonchev–Trinajstić information content (AvgIpc) is 3.12. The van der Waals surface area contributed by atoms with Crippen molar-refractivity contribution in [2.24, 2.45) is 0 Å². The summed E-state index contributed by atoms with van der Waals surface area (Å²) in [5, 5.41) is 1.45. The topological polar surface area (TPSA) is 92.8 Å². The molecular weight excluding hydrogens is 517 g/mol. The minimum Gasteiger partial charge on any atom is -0.482 e. The molecule has 1 aliphatic rings. The third kappa shape index (κ3) is 6.11. The van der Waals surface area contributed by atoms with E-state index in [1.165, 1.54) is 16.4 Å². The van der Waals surface area contributed by atoms with E-state index in [-0.39, 0.29) is 9.79 Å². The molecule has 0 spiro atoms. The molecule has 0 saturated carbocycles. The third-order valence-electron chi connectivity index (χ3n) is 5.82. The van der Waals surface area contributed by atoms with Crippen molar-refractivity contribution in [3.8, 4) is 5.75 Å². The normalized spacial score (nSPS) is 16.0. The first-order chi connectivity index (χ1) is 17.0. The van der Waals surface area contributed by atoms with Crippen LogP contribution < -0.4 is 9.46 Å². The Hall–Kier alpha value is -2.83.